The van der Waals surface area contributed by atoms with Crippen LogP contribution in [-0.2, 0) is 5.88 Å². The molecule has 0 spiro atoms. The molecule has 0 amide bonds. The normalized spacial score (nSPS) is 10.3. The van der Waals surface area contributed by atoms with E-state index in [1.165, 1.54) is 12.1 Å². The van der Waals surface area contributed by atoms with Gasteiger partial charge in [-0.1, -0.05) is 11.6 Å². The topological polar surface area (TPSA) is 35.0 Å². The fourth-order valence-corrected chi connectivity index (χ4v) is 1.49. The van der Waals surface area contributed by atoms with Gasteiger partial charge in [0.05, 0.1) is 16.6 Å². The third kappa shape index (κ3) is 3.05. The molecular formula is C11H7Cl2FN2O. The molecule has 1 heterocycles. The van der Waals surface area contributed by atoms with Gasteiger partial charge < -0.3 is 4.74 Å². The number of alkyl halides is 1. The van der Waals surface area contributed by atoms with E-state index < -0.39 is 5.82 Å². The van der Waals surface area contributed by atoms with Crippen molar-refractivity contribution in [3.8, 4) is 11.6 Å². The van der Waals surface area contributed by atoms with Crippen molar-refractivity contribution >= 4 is 23.2 Å². The maximum Gasteiger partial charge on any atom is 0.238 e. The summed E-state index contributed by atoms with van der Waals surface area (Å²) in [6, 6.07) is 7.14. The van der Waals surface area contributed by atoms with Crippen LogP contribution in [0.2, 0.25) is 5.02 Å². The fraction of sp³-hybridized carbons (Fsp3) is 0.0909. The van der Waals surface area contributed by atoms with Crippen molar-refractivity contribution < 1.29 is 9.13 Å². The van der Waals surface area contributed by atoms with Crippen molar-refractivity contribution in [2.24, 2.45) is 0 Å². The first kappa shape index (κ1) is 12.1. The van der Waals surface area contributed by atoms with Crippen LogP contribution in [0, 0.1) is 5.82 Å². The predicted molar refractivity (Wildman–Crippen MR) is 63.1 cm³/mol. The van der Waals surface area contributed by atoms with Crippen molar-refractivity contribution in [1.82, 2.24) is 10.2 Å². The van der Waals surface area contributed by atoms with Gasteiger partial charge in [-0.05, 0) is 24.3 Å². The van der Waals surface area contributed by atoms with Gasteiger partial charge in [0.1, 0.15) is 11.6 Å². The Labute approximate surface area is 107 Å². The van der Waals surface area contributed by atoms with Crippen LogP contribution in [-0.4, -0.2) is 10.2 Å². The monoisotopic (exact) mass is 272 g/mol. The summed E-state index contributed by atoms with van der Waals surface area (Å²) in [5.41, 5.74) is 0.643. The lowest BCUT2D eigenvalue weighted by Crippen LogP contribution is -1.94. The van der Waals surface area contributed by atoms with Crippen molar-refractivity contribution in [3.63, 3.8) is 0 Å². The maximum atomic E-state index is 12.8. The molecule has 17 heavy (non-hydrogen) atoms. The number of halogens is 3. The van der Waals surface area contributed by atoms with E-state index in [1.807, 2.05) is 0 Å². The first-order chi connectivity index (χ1) is 8.19. The van der Waals surface area contributed by atoms with Gasteiger partial charge in [-0.15, -0.1) is 16.7 Å². The van der Waals surface area contributed by atoms with Crippen LogP contribution >= 0.6 is 23.2 Å². The molecule has 88 valence electrons. The average molecular weight is 273 g/mol. The molecule has 0 unspecified atom stereocenters. The van der Waals surface area contributed by atoms with E-state index in [9.17, 15) is 4.39 Å². The summed E-state index contributed by atoms with van der Waals surface area (Å²) in [5, 5.41) is 7.79. The van der Waals surface area contributed by atoms with Crippen LogP contribution in [0.4, 0.5) is 4.39 Å². The van der Waals surface area contributed by atoms with Crippen LogP contribution in [0.25, 0.3) is 0 Å². The molecule has 2 rings (SSSR count). The first-order valence-electron chi connectivity index (χ1n) is 4.70. The van der Waals surface area contributed by atoms with Crippen LogP contribution < -0.4 is 4.74 Å². The largest absolute Gasteiger partial charge is 0.436 e. The smallest absolute Gasteiger partial charge is 0.238 e. The van der Waals surface area contributed by atoms with E-state index in [4.69, 9.17) is 27.9 Å². The Hall–Kier alpha value is -1.39. The second-order valence-corrected chi connectivity index (χ2v) is 3.85. The molecule has 0 aliphatic rings. The molecule has 0 aliphatic carbocycles. The Morgan fingerprint density at radius 2 is 2.00 bits per heavy atom. The molecule has 1 aromatic heterocycles. The SMILES string of the molecule is Fc1ccc(Oc2ccc(CCl)nn2)c(Cl)c1. The van der Waals surface area contributed by atoms with E-state index in [0.29, 0.717) is 11.4 Å². The minimum absolute atomic E-state index is 0.174. The van der Waals surface area contributed by atoms with Crippen molar-refractivity contribution in [2.45, 2.75) is 5.88 Å². The lowest BCUT2D eigenvalue weighted by molar-refractivity contribution is 0.453. The van der Waals surface area contributed by atoms with Gasteiger partial charge in [-0.25, -0.2) is 4.39 Å². The Kier molecular flexibility index (Phi) is 3.76. The highest BCUT2D eigenvalue weighted by Crippen LogP contribution is 2.28. The van der Waals surface area contributed by atoms with Crippen LogP contribution in [0.3, 0.4) is 0 Å². The Balaban J connectivity index is 2.19. The highest BCUT2D eigenvalue weighted by atomic mass is 35.5. The Morgan fingerprint density at radius 1 is 1.18 bits per heavy atom. The van der Waals surface area contributed by atoms with Gasteiger partial charge in [0.15, 0.2) is 0 Å². The minimum atomic E-state index is -0.425. The van der Waals surface area contributed by atoms with E-state index in [2.05, 4.69) is 10.2 Å². The highest BCUT2D eigenvalue weighted by molar-refractivity contribution is 6.32. The van der Waals surface area contributed by atoms with Crippen LogP contribution in [0.1, 0.15) is 5.69 Å². The number of benzene rings is 1. The third-order valence-electron chi connectivity index (χ3n) is 1.94. The van der Waals surface area contributed by atoms with E-state index in [1.54, 1.807) is 12.1 Å². The number of ether oxygens (including phenoxy) is 1. The average Bonchev–Trinajstić information content (AvgIpc) is 2.34. The molecule has 0 atom stereocenters. The number of aromatic nitrogens is 2. The Bertz CT molecular complexity index is 519. The van der Waals surface area contributed by atoms with Crippen LogP contribution in [0.15, 0.2) is 30.3 Å². The number of rotatable bonds is 3. The molecular weight excluding hydrogens is 266 g/mol. The molecule has 3 nitrogen and oxygen atoms in total. The lowest BCUT2D eigenvalue weighted by atomic mass is 10.3. The van der Waals surface area contributed by atoms with Gasteiger partial charge in [0.25, 0.3) is 0 Å². The summed E-state index contributed by atoms with van der Waals surface area (Å²) < 4.78 is 18.2. The van der Waals surface area contributed by atoms with Crippen molar-refractivity contribution in [3.05, 3.63) is 46.9 Å². The number of hydrogen-bond acceptors (Lipinski definition) is 3. The maximum absolute atomic E-state index is 12.8. The molecule has 1 aromatic carbocycles. The summed E-state index contributed by atoms with van der Waals surface area (Å²) in [7, 11) is 0. The molecule has 0 saturated heterocycles. The molecule has 0 N–H and O–H groups in total. The first-order valence-corrected chi connectivity index (χ1v) is 5.62. The second kappa shape index (κ2) is 5.29. The molecule has 0 saturated carbocycles. The third-order valence-corrected chi connectivity index (χ3v) is 2.51. The predicted octanol–water partition coefficient (Wildman–Crippen LogP) is 3.80. The molecule has 2 aromatic rings. The van der Waals surface area contributed by atoms with E-state index in [-0.39, 0.29) is 16.8 Å². The summed E-state index contributed by atoms with van der Waals surface area (Å²) in [5.74, 6) is 0.448. The summed E-state index contributed by atoms with van der Waals surface area (Å²) in [4.78, 5) is 0. The number of hydrogen-bond donors (Lipinski definition) is 0. The van der Waals surface area contributed by atoms with Crippen molar-refractivity contribution in [2.75, 3.05) is 0 Å². The zero-order valence-corrected chi connectivity index (χ0v) is 10.0. The van der Waals surface area contributed by atoms with Gasteiger partial charge in [-0.3, -0.25) is 0 Å². The van der Waals surface area contributed by atoms with Crippen LogP contribution in [0.5, 0.6) is 11.6 Å². The minimum Gasteiger partial charge on any atom is -0.436 e. The molecule has 0 fully saturated rings. The Morgan fingerprint density at radius 3 is 2.59 bits per heavy atom. The lowest BCUT2D eigenvalue weighted by Gasteiger charge is -2.05. The van der Waals surface area contributed by atoms with Gasteiger partial charge in [-0.2, -0.15) is 5.10 Å². The van der Waals surface area contributed by atoms with E-state index >= 15 is 0 Å². The second-order valence-electron chi connectivity index (χ2n) is 3.17. The summed E-state index contributed by atoms with van der Waals surface area (Å²) >= 11 is 11.4. The van der Waals surface area contributed by atoms with Crippen molar-refractivity contribution in [1.29, 1.82) is 0 Å². The van der Waals surface area contributed by atoms with Gasteiger partial charge >= 0.3 is 0 Å². The zero-order chi connectivity index (χ0) is 12.3. The molecule has 0 radical (unpaired) electrons. The molecule has 0 bridgehead atoms. The number of nitrogens with zero attached hydrogens (tertiary/aromatic N) is 2. The molecule has 0 aliphatic heterocycles. The van der Waals surface area contributed by atoms with Gasteiger partial charge in [0, 0.05) is 6.07 Å². The summed E-state index contributed by atoms with van der Waals surface area (Å²) in [6.07, 6.45) is 0. The highest BCUT2D eigenvalue weighted by Gasteiger charge is 2.05. The standard InChI is InChI=1S/C11H7Cl2FN2O/c12-6-8-2-4-11(16-15-8)17-10-3-1-7(14)5-9(10)13/h1-5H,6H2. The van der Waals surface area contributed by atoms with Gasteiger partial charge in [0.2, 0.25) is 5.88 Å². The summed E-state index contributed by atoms with van der Waals surface area (Å²) in [6.45, 7) is 0. The quantitative estimate of drug-likeness (QED) is 0.798. The molecule has 6 heteroatoms. The fourth-order valence-electron chi connectivity index (χ4n) is 1.14. The van der Waals surface area contributed by atoms with E-state index in [0.717, 1.165) is 6.07 Å². The zero-order valence-electron chi connectivity index (χ0n) is 8.53.